The van der Waals surface area contributed by atoms with Crippen LogP contribution >= 0.6 is 0 Å². The second kappa shape index (κ2) is 9.24. The van der Waals surface area contributed by atoms with Crippen molar-refractivity contribution in [1.29, 1.82) is 0 Å². The van der Waals surface area contributed by atoms with E-state index in [2.05, 4.69) is 14.4 Å². The molecule has 182 valence electrons. The van der Waals surface area contributed by atoms with Gasteiger partial charge in [0.25, 0.3) is 10.1 Å². The van der Waals surface area contributed by atoms with E-state index in [0.717, 1.165) is 12.1 Å². The van der Waals surface area contributed by atoms with E-state index in [4.69, 9.17) is 10.3 Å². The molecule has 0 amide bonds. The zero-order chi connectivity index (χ0) is 25.3. The van der Waals surface area contributed by atoms with E-state index in [1.807, 2.05) is 0 Å². The number of aromatic hydroxyl groups is 1. The molecule has 0 aliphatic heterocycles. The van der Waals surface area contributed by atoms with Gasteiger partial charge in [-0.2, -0.15) is 21.9 Å². The zero-order valence-electron chi connectivity index (χ0n) is 16.9. The van der Waals surface area contributed by atoms with Gasteiger partial charge in [-0.3, -0.25) is 9.11 Å². The van der Waals surface area contributed by atoms with Crippen molar-refractivity contribution in [3.05, 3.63) is 48.5 Å². The minimum absolute atomic E-state index is 0.00244. The first kappa shape index (κ1) is 25.5. The van der Waals surface area contributed by atoms with Crippen molar-refractivity contribution in [1.82, 2.24) is 0 Å². The molecule has 0 spiro atoms. The Hall–Kier alpha value is -3.15. The van der Waals surface area contributed by atoms with Gasteiger partial charge in [0.05, 0.1) is 33.5 Å². The van der Waals surface area contributed by atoms with Crippen LogP contribution in [-0.4, -0.2) is 51.8 Å². The number of benzene rings is 3. The second-order valence-electron chi connectivity index (χ2n) is 6.78. The monoisotopic (exact) mass is 531 g/mol. The molecule has 0 saturated heterocycles. The summed E-state index contributed by atoms with van der Waals surface area (Å²) >= 11 is 0. The minimum atomic E-state index is -4.77. The number of nitrogens with two attached hydrogens (primary N) is 1. The number of rotatable bonds is 8. The van der Waals surface area contributed by atoms with Crippen LogP contribution in [-0.2, 0) is 34.5 Å². The molecule has 0 bridgehead atoms. The molecule has 0 aliphatic carbocycles. The summed E-state index contributed by atoms with van der Waals surface area (Å²) in [5.41, 5.74) is 6.18. The summed E-state index contributed by atoms with van der Waals surface area (Å²) in [5, 5.41) is 18.3. The van der Waals surface area contributed by atoms with Gasteiger partial charge in [0.15, 0.2) is 9.84 Å². The standard InChI is InChI=1S/C18H17N3O10S3/c19-16-6-5-14-15(9-13(10-17(14)22)33(25,26)27)18(16)21-20-11-1-3-12(4-2-11)32(23,24)8-7-31-34(28,29)30/h1-6,9-10,22H,7-8,19H2,(H,25,26,27)(H,28,29,30)/b21-20+. The summed E-state index contributed by atoms with van der Waals surface area (Å²) in [5.74, 6) is -1.14. The third-order valence-electron chi connectivity index (χ3n) is 4.43. The fourth-order valence-corrected chi connectivity index (χ4v) is 4.86. The predicted molar refractivity (Wildman–Crippen MR) is 120 cm³/mol. The quantitative estimate of drug-likeness (QED) is 0.187. The van der Waals surface area contributed by atoms with Crippen molar-refractivity contribution in [2.24, 2.45) is 10.2 Å². The van der Waals surface area contributed by atoms with E-state index in [0.29, 0.717) is 0 Å². The first-order valence-electron chi connectivity index (χ1n) is 9.06. The number of sulfone groups is 1. The van der Waals surface area contributed by atoms with E-state index in [1.165, 1.54) is 36.4 Å². The predicted octanol–water partition coefficient (Wildman–Crippen LogP) is 2.38. The van der Waals surface area contributed by atoms with E-state index in [1.54, 1.807) is 0 Å². The third kappa shape index (κ3) is 6.04. The molecule has 16 heteroatoms. The molecule has 0 radical (unpaired) electrons. The number of nitrogen functional groups attached to an aromatic ring is 1. The summed E-state index contributed by atoms with van der Waals surface area (Å²) < 4.78 is 90.3. The molecule has 0 aromatic heterocycles. The first-order valence-corrected chi connectivity index (χ1v) is 13.5. The topological polar surface area (TPSA) is 223 Å². The number of nitrogens with zero attached hydrogens (tertiary/aromatic N) is 2. The van der Waals surface area contributed by atoms with Gasteiger partial charge in [-0.05, 0) is 42.5 Å². The summed E-state index contributed by atoms with van der Waals surface area (Å²) in [7, 11) is -13.3. The second-order valence-corrected chi connectivity index (χ2v) is 11.4. The Morgan fingerprint density at radius 1 is 0.824 bits per heavy atom. The fraction of sp³-hybridized carbons (Fsp3) is 0.111. The van der Waals surface area contributed by atoms with Crippen LogP contribution < -0.4 is 5.73 Å². The number of phenols is 1. The van der Waals surface area contributed by atoms with Gasteiger partial charge in [0.2, 0.25) is 0 Å². The lowest BCUT2D eigenvalue weighted by molar-refractivity contribution is 0.284. The molecule has 34 heavy (non-hydrogen) atoms. The highest BCUT2D eigenvalue weighted by molar-refractivity contribution is 7.91. The fourth-order valence-electron chi connectivity index (χ4n) is 2.85. The number of phenolic OH excluding ortho intramolecular Hbond substituents is 1. The highest BCUT2D eigenvalue weighted by Gasteiger charge is 2.18. The van der Waals surface area contributed by atoms with E-state index in [9.17, 15) is 34.9 Å². The molecule has 0 fully saturated rings. The highest BCUT2D eigenvalue weighted by Crippen LogP contribution is 2.39. The van der Waals surface area contributed by atoms with Crippen LogP contribution in [0.1, 0.15) is 0 Å². The van der Waals surface area contributed by atoms with Crippen molar-refractivity contribution in [2.75, 3.05) is 18.1 Å². The van der Waals surface area contributed by atoms with Crippen molar-refractivity contribution in [3.8, 4) is 5.75 Å². The molecule has 13 nitrogen and oxygen atoms in total. The minimum Gasteiger partial charge on any atom is -0.507 e. The Morgan fingerprint density at radius 2 is 1.47 bits per heavy atom. The molecule has 0 unspecified atom stereocenters. The van der Waals surface area contributed by atoms with Gasteiger partial charge in [-0.1, -0.05) is 0 Å². The smallest absolute Gasteiger partial charge is 0.397 e. The lowest BCUT2D eigenvalue weighted by Gasteiger charge is -2.08. The molecule has 0 aliphatic rings. The average molecular weight is 532 g/mol. The lowest BCUT2D eigenvalue weighted by Crippen LogP contribution is -2.15. The van der Waals surface area contributed by atoms with E-state index in [-0.39, 0.29) is 32.7 Å². The van der Waals surface area contributed by atoms with Crippen LogP contribution in [0.5, 0.6) is 5.75 Å². The van der Waals surface area contributed by atoms with Crippen LogP contribution in [0.4, 0.5) is 17.1 Å². The lowest BCUT2D eigenvalue weighted by atomic mass is 10.1. The van der Waals surface area contributed by atoms with Crippen LogP contribution in [0.25, 0.3) is 10.8 Å². The summed E-state index contributed by atoms with van der Waals surface area (Å²) in [4.78, 5) is -0.745. The maximum Gasteiger partial charge on any atom is 0.397 e. The van der Waals surface area contributed by atoms with Crippen molar-refractivity contribution >= 4 is 58.2 Å². The summed E-state index contributed by atoms with van der Waals surface area (Å²) in [6.07, 6.45) is 0. The highest BCUT2D eigenvalue weighted by atomic mass is 32.3. The molecule has 3 aromatic rings. The largest absolute Gasteiger partial charge is 0.507 e. The Labute approximate surface area is 194 Å². The SMILES string of the molecule is Nc1ccc2c(O)cc(S(=O)(=O)O)cc2c1/N=N/c1ccc(S(=O)(=O)CCOS(=O)(=O)O)cc1. The molecule has 0 saturated carbocycles. The van der Waals surface area contributed by atoms with Gasteiger partial charge in [0, 0.05) is 16.8 Å². The number of hydrogen-bond donors (Lipinski definition) is 4. The van der Waals surface area contributed by atoms with E-state index >= 15 is 0 Å². The summed E-state index contributed by atoms with van der Waals surface area (Å²) in [6.45, 7) is -0.776. The summed E-state index contributed by atoms with van der Waals surface area (Å²) in [6, 6.07) is 9.74. The maximum atomic E-state index is 12.2. The van der Waals surface area contributed by atoms with Crippen LogP contribution in [0.15, 0.2) is 68.6 Å². The molecule has 0 heterocycles. The molecule has 3 rings (SSSR count). The van der Waals surface area contributed by atoms with E-state index < -0.39 is 53.4 Å². The van der Waals surface area contributed by atoms with Crippen LogP contribution in [0.3, 0.4) is 0 Å². The van der Waals surface area contributed by atoms with Gasteiger partial charge in [-0.25, -0.2) is 12.6 Å². The Kier molecular flexibility index (Phi) is 6.92. The van der Waals surface area contributed by atoms with Crippen LogP contribution in [0.2, 0.25) is 0 Å². The molecule has 0 atom stereocenters. The Bertz CT molecular complexity index is 1600. The average Bonchev–Trinajstić information content (AvgIpc) is 2.71. The number of anilines is 1. The number of fused-ring (bicyclic) bond motifs is 1. The van der Waals surface area contributed by atoms with Crippen molar-refractivity contribution in [3.63, 3.8) is 0 Å². The van der Waals surface area contributed by atoms with Gasteiger partial charge in [-0.15, -0.1) is 5.11 Å². The molecule has 3 aromatic carbocycles. The third-order valence-corrected chi connectivity index (χ3v) is 7.42. The van der Waals surface area contributed by atoms with Crippen LogP contribution in [0, 0.1) is 0 Å². The molecular formula is C18H17N3O10S3. The first-order chi connectivity index (χ1) is 15.7. The zero-order valence-corrected chi connectivity index (χ0v) is 19.4. The normalized spacial score (nSPS) is 13.0. The number of hydrogen-bond acceptors (Lipinski definition) is 11. The van der Waals surface area contributed by atoms with Crippen molar-refractivity contribution in [2.45, 2.75) is 9.79 Å². The molecular weight excluding hydrogens is 514 g/mol. The Morgan fingerprint density at radius 3 is 2.06 bits per heavy atom. The van der Waals surface area contributed by atoms with Gasteiger partial charge < -0.3 is 10.8 Å². The number of azo groups is 1. The van der Waals surface area contributed by atoms with Gasteiger partial charge >= 0.3 is 10.4 Å². The van der Waals surface area contributed by atoms with Crippen molar-refractivity contribution < 1.29 is 43.6 Å². The molecule has 5 N–H and O–H groups in total. The van der Waals surface area contributed by atoms with Gasteiger partial charge in [0.1, 0.15) is 11.4 Å². The maximum absolute atomic E-state index is 12.2. The Balaban J connectivity index is 1.92.